The zero-order chi connectivity index (χ0) is 17.7. The standard InChI is InChI=1S/C16H12ClN3O3S/c1-10(16(21)19-14-5-3-2-4-11(14)9-18)24-15-7-6-12(20(22)23)8-13(15)17/h2-8,10H,1H3,(H,19,21)/t10-/m0/s1. The molecule has 1 atom stereocenters. The van der Waals surface area contributed by atoms with Crippen molar-refractivity contribution < 1.29 is 9.72 Å². The Labute approximate surface area is 147 Å². The number of non-ortho nitro benzene ring substituents is 1. The van der Waals surface area contributed by atoms with Crippen LogP contribution in [0.5, 0.6) is 0 Å². The van der Waals surface area contributed by atoms with Gasteiger partial charge in [-0.2, -0.15) is 5.26 Å². The highest BCUT2D eigenvalue weighted by molar-refractivity contribution is 8.00. The molecule has 0 bridgehead atoms. The Bertz CT molecular complexity index is 836. The molecule has 2 rings (SSSR count). The number of carbonyl (C=O) groups excluding carboxylic acids is 1. The number of nitrogens with zero attached hydrogens (tertiary/aromatic N) is 2. The Morgan fingerprint density at radius 2 is 2.08 bits per heavy atom. The van der Waals surface area contributed by atoms with Crippen LogP contribution in [0, 0.1) is 21.4 Å². The van der Waals surface area contributed by atoms with Crippen LogP contribution in [-0.4, -0.2) is 16.1 Å². The van der Waals surface area contributed by atoms with E-state index >= 15 is 0 Å². The van der Waals surface area contributed by atoms with Crippen molar-refractivity contribution in [3.63, 3.8) is 0 Å². The summed E-state index contributed by atoms with van der Waals surface area (Å²) >= 11 is 7.21. The molecular formula is C16H12ClN3O3S. The molecule has 1 N–H and O–H groups in total. The number of hydrogen-bond acceptors (Lipinski definition) is 5. The molecule has 0 unspecified atom stereocenters. The number of amides is 1. The first kappa shape index (κ1) is 17.8. The molecule has 0 spiro atoms. The van der Waals surface area contributed by atoms with E-state index in [-0.39, 0.29) is 16.6 Å². The molecule has 2 aromatic carbocycles. The smallest absolute Gasteiger partial charge is 0.270 e. The summed E-state index contributed by atoms with van der Waals surface area (Å²) in [5.41, 5.74) is 0.702. The van der Waals surface area contributed by atoms with E-state index in [0.717, 1.165) is 0 Å². The molecule has 0 radical (unpaired) electrons. The highest BCUT2D eigenvalue weighted by Crippen LogP contribution is 2.33. The quantitative estimate of drug-likeness (QED) is 0.488. The lowest BCUT2D eigenvalue weighted by molar-refractivity contribution is -0.384. The van der Waals surface area contributed by atoms with E-state index in [1.165, 1.54) is 30.0 Å². The average Bonchev–Trinajstić information content (AvgIpc) is 2.56. The van der Waals surface area contributed by atoms with Crippen molar-refractivity contribution in [3.8, 4) is 6.07 Å². The first-order valence-corrected chi connectivity index (χ1v) is 8.08. The molecule has 122 valence electrons. The van der Waals surface area contributed by atoms with Gasteiger partial charge in [0.15, 0.2) is 0 Å². The van der Waals surface area contributed by atoms with Gasteiger partial charge >= 0.3 is 0 Å². The van der Waals surface area contributed by atoms with Gasteiger partial charge in [-0.25, -0.2) is 0 Å². The van der Waals surface area contributed by atoms with Crippen molar-refractivity contribution in [1.29, 1.82) is 5.26 Å². The third-order valence-electron chi connectivity index (χ3n) is 3.10. The fraction of sp³-hybridized carbons (Fsp3) is 0.125. The summed E-state index contributed by atoms with van der Waals surface area (Å²) in [6.07, 6.45) is 0. The number of nitrogens with one attached hydrogen (secondary N) is 1. The van der Waals surface area contributed by atoms with Gasteiger partial charge in [-0.3, -0.25) is 14.9 Å². The molecule has 24 heavy (non-hydrogen) atoms. The lowest BCUT2D eigenvalue weighted by Crippen LogP contribution is -2.22. The van der Waals surface area contributed by atoms with Crippen molar-refractivity contribution in [1.82, 2.24) is 0 Å². The van der Waals surface area contributed by atoms with E-state index in [2.05, 4.69) is 5.32 Å². The van der Waals surface area contributed by atoms with Crippen molar-refractivity contribution in [2.24, 2.45) is 0 Å². The van der Waals surface area contributed by atoms with Crippen molar-refractivity contribution in [3.05, 3.63) is 63.2 Å². The fourth-order valence-corrected chi connectivity index (χ4v) is 3.04. The van der Waals surface area contributed by atoms with Gasteiger partial charge in [0.05, 0.1) is 26.4 Å². The lowest BCUT2D eigenvalue weighted by atomic mass is 10.2. The maximum absolute atomic E-state index is 12.3. The third-order valence-corrected chi connectivity index (χ3v) is 4.71. The summed E-state index contributed by atoms with van der Waals surface area (Å²) in [6.45, 7) is 1.69. The lowest BCUT2D eigenvalue weighted by Gasteiger charge is -2.13. The summed E-state index contributed by atoms with van der Waals surface area (Å²) in [5.74, 6) is -0.294. The molecule has 6 nitrogen and oxygen atoms in total. The average molecular weight is 362 g/mol. The van der Waals surface area contributed by atoms with Gasteiger partial charge in [0.2, 0.25) is 5.91 Å². The number of anilines is 1. The Morgan fingerprint density at radius 1 is 1.38 bits per heavy atom. The largest absolute Gasteiger partial charge is 0.324 e. The van der Waals surface area contributed by atoms with E-state index in [1.807, 2.05) is 6.07 Å². The van der Waals surface area contributed by atoms with Gasteiger partial charge < -0.3 is 5.32 Å². The maximum Gasteiger partial charge on any atom is 0.270 e. The van der Waals surface area contributed by atoms with Gasteiger partial charge in [-0.05, 0) is 25.1 Å². The number of hydrogen-bond donors (Lipinski definition) is 1. The van der Waals surface area contributed by atoms with Crippen LogP contribution in [0.4, 0.5) is 11.4 Å². The minimum Gasteiger partial charge on any atom is -0.324 e. The van der Waals surface area contributed by atoms with Gasteiger partial charge in [0, 0.05) is 17.0 Å². The highest BCUT2D eigenvalue weighted by Gasteiger charge is 2.18. The van der Waals surface area contributed by atoms with Crippen molar-refractivity contribution in [2.75, 3.05) is 5.32 Å². The molecule has 0 aliphatic heterocycles. The molecular weight excluding hydrogens is 350 g/mol. The Balaban J connectivity index is 2.09. The summed E-state index contributed by atoms with van der Waals surface area (Å²) in [4.78, 5) is 23.0. The van der Waals surface area contributed by atoms with Crippen LogP contribution < -0.4 is 5.32 Å². The molecule has 0 saturated carbocycles. The number of nitriles is 1. The number of nitro benzene ring substituents is 1. The van der Waals surface area contributed by atoms with E-state index in [0.29, 0.717) is 16.1 Å². The second-order valence-electron chi connectivity index (χ2n) is 4.78. The summed E-state index contributed by atoms with van der Waals surface area (Å²) < 4.78 is 0. The molecule has 0 aliphatic carbocycles. The van der Waals surface area contributed by atoms with Gasteiger partial charge in [0.25, 0.3) is 5.69 Å². The number of benzene rings is 2. The van der Waals surface area contributed by atoms with Crippen LogP contribution >= 0.6 is 23.4 Å². The first-order chi connectivity index (χ1) is 11.4. The topological polar surface area (TPSA) is 96.0 Å². The van der Waals surface area contributed by atoms with Crippen LogP contribution in [-0.2, 0) is 4.79 Å². The Kier molecular flexibility index (Phi) is 5.79. The van der Waals surface area contributed by atoms with Crippen LogP contribution in [0.15, 0.2) is 47.4 Å². The SMILES string of the molecule is C[C@H](Sc1ccc([N+](=O)[O-])cc1Cl)C(=O)Nc1ccccc1C#N. The minimum absolute atomic E-state index is 0.107. The normalized spacial score (nSPS) is 11.4. The highest BCUT2D eigenvalue weighted by atomic mass is 35.5. The second-order valence-corrected chi connectivity index (χ2v) is 6.57. The van der Waals surface area contributed by atoms with Crippen LogP contribution in [0.1, 0.15) is 12.5 Å². The second kappa shape index (κ2) is 7.81. The van der Waals surface area contributed by atoms with E-state index < -0.39 is 10.2 Å². The Morgan fingerprint density at radius 3 is 2.71 bits per heavy atom. The summed E-state index contributed by atoms with van der Waals surface area (Å²) in [6, 6.07) is 12.8. The first-order valence-electron chi connectivity index (χ1n) is 6.83. The molecule has 0 aliphatic rings. The zero-order valence-corrected chi connectivity index (χ0v) is 14.1. The molecule has 1 amide bonds. The number of nitro groups is 1. The van der Waals surface area contributed by atoms with E-state index in [1.54, 1.807) is 31.2 Å². The van der Waals surface area contributed by atoms with Crippen molar-refractivity contribution in [2.45, 2.75) is 17.1 Å². The molecule has 2 aromatic rings. The number of thioether (sulfide) groups is 1. The van der Waals surface area contributed by atoms with Gasteiger partial charge in [-0.15, -0.1) is 11.8 Å². The van der Waals surface area contributed by atoms with Crippen LogP contribution in [0.2, 0.25) is 5.02 Å². The number of para-hydroxylation sites is 1. The minimum atomic E-state index is -0.532. The monoisotopic (exact) mass is 361 g/mol. The molecule has 0 fully saturated rings. The number of halogens is 1. The maximum atomic E-state index is 12.3. The summed E-state index contributed by atoms with van der Waals surface area (Å²) in [7, 11) is 0. The summed E-state index contributed by atoms with van der Waals surface area (Å²) in [5, 5.41) is 22.1. The molecule has 0 aromatic heterocycles. The van der Waals surface area contributed by atoms with Gasteiger partial charge in [-0.1, -0.05) is 23.7 Å². The Hall–Kier alpha value is -2.56. The predicted molar refractivity (Wildman–Crippen MR) is 93.2 cm³/mol. The number of carbonyl (C=O) groups is 1. The fourth-order valence-electron chi connectivity index (χ4n) is 1.87. The predicted octanol–water partition coefficient (Wildman–Crippen LogP) is 4.24. The van der Waals surface area contributed by atoms with Crippen LogP contribution in [0.25, 0.3) is 0 Å². The van der Waals surface area contributed by atoms with Gasteiger partial charge in [0.1, 0.15) is 6.07 Å². The van der Waals surface area contributed by atoms with Crippen LogP contribution in [0.3, 0.4) is 0 Å². The zero-order valence-electron chi connectivity index (χ0n) is 12.5. The molecule has 8 heteroatoms. The van der Waals surface area contributed by atoms with E-state index in [4.69, 9.17) is 16.9 Å². The van der Waals surface area contributed by atoms with Crippen molar-refractivity contribution >= 4 is 40.6 Å². The number of rotatable bonds is 5. The molecule has 0 heterocycles. The van der Waals surface area contributed by atoms with E-state index in [9.17, 15) is 14.9 Å². The molecule has 0 saturated heterocycles. The third kappa shape index (κ3) is 4.25.